The van der Waals surface area contributed by atoms with Gasteiger partial charge in [0.25, 0.3) is 5.56 Å². The highest BCUT2D eigenvalue weighted by atomic mass is 35.5. The molecule has 0 atom stereocenters. The number of thioether (sulfide) groups is 1. The van der Waals surface area contributed by atoms with Gasteiger partial charge in [-0.3, -0.25) is 14.2 Å². The first-order chi connectivity index (χ1) is 13.1. The van der Waals surface area contributed by atoms with E-state index in [0.717, 1.165) is 12.0 Å². The molecular weight excluding hydrogens is 382 g/mol. The van der Waals surface area contributed by atoms with Crippen LogP contribution in [0.3, 0.4) is 0 Å². The van der Waals surface area contributed by atoms with Gasteiger partial charge < -0.3 is 5.32 Å². The number of rotatable bonds is 7. The van der Waals surface area contributed by atoms with Crippen molar-refractivity contribution < 1.29 is 4.79 Å². The Hall–Kier alpha value is -2.31. The zero-order chi connectivity index (χ0) is 19.2. The lowest BCUT2D eigenvalue weighted by molar-refractivity contribution is -0.118. The maximum atomic E-state index is 13.0. The summed E-state index contributed by atoms with van der Waals surface area (Å²) in [5.74, 6) is 0.138. The number of benzene rings is 2. The van der Waals surface area contributed by atoms with Gasteiger partial charge >= 0.3 is 0 Å². The molecule has 0 spiro atoms. The smallest absolute Gasteiger partial charge is 0.262 e. The van der Waals surface area contributed by atoms with E-state index in [1.807, 2.05) is 43.3 Å². The van der Waals surface area contributed by atoms with E-state index in [1.165, 1.54) is 11.8 Å². The Balaban J connectivity index is 1.96. The van der Waals surface area contributed by atoms with Crippen LogP contribution in [0.25, 0.3) is 10.9 Å². The van der Waals surface area contributed by atoms with Gasteiger partial charge in [-0.25, -0.2) is 4.98 Å². The van der Waals surface area contributed by atoms with E-state index in [2.05, 4.69) is 10.3 Å². The van der Waals surface area contributed by atoms with Crippen LogP contribution in [0.1, 0.15) is 18.9 Å². The molecule has 140 valence electrons. The molecule has 27 heavy (non-hydrogen) atoms. The molecule has 0 fully saturated rings. The van der Waals surface area contributed by atoms with E-state index in [1.54, 1.807) is 16.7 Å². The summed E-state index contributed by atoms with van der Waals surface area (Å²) in [5, 5.41) is 4.53. The average Bonchev–Trinajstić information content (AvgIpc) is 2.67. The number of carbonyl (C=O) groups is 1. The fourth-order valence-corrected chi connectivity index (χ4v) is 3.70. The minimum absolute atomic E-state index is 0.0708. The zero-order valence-corrected chi connectivity index (χ0v) is 16.5. The third kappa shape index (κ3) is 4.90. The molecule has 1 N–H and O–H groups in total. The summed E-state index contributed by atoms with van der Waals surface area (Å²) < 4.78 is 1.60. The molecule has 7 heteroatoms. The third-order valence-corrected chi connectivity index (χ3v) is 5.17. The van der Waals surface area contributed by atoms with Crippen LogP contribution >= 0.6 is 23.4 Å². The molecule has 1 heterocycles. The topological polar surface area (TPSA) is 64.0 Å². The normalized spacial score (nSPS) is 10.9. The van der Waals surface area contributed by atoms with Crippen LogP contribution in [0.2, 0.25) is 5.02 Å². The molecule has 0 bridgehead atoms. The molecule has 0 aliphatic rings. The predicted octanol–water partition coefficient (Wildman–Crippen LogP) is 3.72. The fourth-order valence-electron chi connectivity index (χ4n) is 2.66. The van der Waals surface area contributed by atoms with E-state index in [4.69, 9.17) is 11.6 Å². The monoisotopic (exact) mass is 401 g/mol. The van der Waals surface area contributed by atoms with Gasteiger partial charge in [-0.15, -0.1) is 0 Å². The number of amides is 1. The number of para-hydroxylation sites is 1. The van der Waals surface area contributed by atoms with Crippen molar-refractivity contribution in [2.45, 2.75) is 25.0 Å². The van der Waals surface area contributed by atoms with Gasteiger partial charge in [-0.05, 0) is 36.2 Å². The highest BCUT2D eigenvalue weighted by Gasteiger charge is 2.13. The van der Waals surface area contributed by atoms with Gasteiger partial charge in [0, 0.05) is 11.6 Å². The molecule has 0 saturated carbocycles. The number of hydrogen-bond donors (Lipinski definition) is 1. The van der Waals surface area contributed by atoms with Crippen LogP contribution in [-0.4, -0.2) is 27.8 Å². The zero-order valence-electron chi connectivity index (χ0n) is 14.9. The number of aromatic nitrogens is 2. The van der Waals surface area contributed by atoms with Crippen LogP contribution in [0.5, 0.6) is 0 Å². The molecular formula is C20H20ClN3O2S. The molecule has 0 saturated heterocycles. The van der Waals surface area contributed by atoms with Crippen LogP contribution < -0.4 is 10.9 Å². The van der Waals surface area contributed by atoms with Gasteiger partial charge in [-0.1, -0.05) is 54.6 Å². The van der Waals surface area contributed by atoms with Crippen molar-refractivity contribution in [3.63, 3.8) is 0 Å². The standard InChI is InChI=1S/C20H20ClN3O2S/c1-2-10-22-18(25)13-27-20-23-17-9-4-3-8-16(17)19(26)24(20)12-14-6-5-7-15(21)11-14/h3-9,11H,2,10,12-13H2,1H3,(H,22,25). The van der Waals surface area contributed by atoms with Crippen molar-refractivity contribution >= 4 is 40.2 Å². The second-order valence-corrected chi connectivity index (χ2v) is 7.45. The molecule has 1 aromatic heterocycles. The first kappa shape index (κ1) is 19.5. The molecule has 2 aromatic carbocycles. The van der Waals surface area contributed by atoms with Crippen molar-refractivity contribution in [1.82, 2.24) is 14.9 Å². The molecule has 3 aromatic rings. The van der Waals surface area contributed by atoms with Gasteiger partial charge in [0.15, 0.2) is 5.16 Å². The summed E-state index contributed by atoms with van der Waals surface area (Å²) in [7, 11) is 0. The molecule has 0 radical (unpaired) electrons. The van der Waals surface area contributed by atoms with Crippen LogP contribution in [-0.2, 0) is 11.3 Å². The molecule has 0 unspecified atom stereocenters. The van der Waals surface area contributed by atoms with E-state index in [9.17, 15) is 9.59 Å². The Bertz CT molecular complexity index is 1020. The first-order valence-corrected chi connectivity index (χ1v) is 10.1. The Morgan fingerprint density at radius 1 is 1.22 bits per heavy atom. The lowest BCUT2D eigenvalue weighted by atomic mass is 10.2. The van der Waals surface area contributed by atoms with Crippen LogP contribution in [0.4, 0.5) is 0 Å². The highest BCUT2D eigenvalue weighted by Crippen LogP contribution is 2.20. The first-order valence-electron chi connectivity index (χ1n) is 8.72. The minimum Gasteiger partial charge on any atom is -0.355 e. The lowest BCUT2D eigenvalue weighted by Gasteiger charge is -2.13. The second-order valence-electron chi connectivity index (χ2n) is 6.07. The third-order valence-electron chi connectivity index (χ3n) is 3.96. The Kier molecular flexibility index (Phi) is 6.53. The summed E-state index contributed by atoms with van der Waals surface area (Å²) >= 11 is 7.34. The summed E-state index contributed by atoms with van der Waals surface area (Å²) in [6.45, 7) is 2.98. The SMILES string of the molecule is CCCNC(=O)CSc1nc2ccccc2c(=O)n1Cc1cccc(Cl)c1. The van der Waals surface area contributed by atoms with Crippen molar-refractivity contribution in [2.75, 3.05) is 12.3 Å². The fraction of sp³-hybridized carbons (Fsp3) is 0.250. The van der Waals surface area contributed by atoms with Crippen LogP contribution in [0, 0.1) is 0 Å². The Morgan fingerprint density at radius 2 is 2.04 bits per heavy atom. The van der Waals surface area contributed by atoms with Crippen molar-refractivity contribution in [3.05, 3.63) is 69.5 Å². The predicted molar refractivity (Wildman–Crippen MR) is 111 cm³/mol. The molecule has 1 amide bonds. The Morgan fingerprint density at radius 3 is 2.81 bits per heavy atom. The van der Waals surface area contributed by atoms with Crippen molar-refractivity contribution in [3.8, 4) is 0 Å². The van der Waals surface area contributed by atoms with Gasteiger partial charge in [-0.2, -0.15) is 0 Å². The van der Waals surface area contributed by atoms with Crippen LogP contribution in [0.15, 0.2) is 58.5 Å². The summed E-state index contributed by atoms with van der Waals surface area (Å²) in [6, 6.07) is 14.6. The summed E-state index contributed by atoms with van der Waals surface area (Å²) in [4.78, 5) is 29.6. The molecule has 0 aliphatic carbocycles. The Labute approximate surface area is 166 Å². The van der Waals surface area contributed by atoms with E-state index in [0.29, 0.717) is 34.2 Å². The molecule has 3 rings (SSSR count). The number of nitrogens with zero attached hydrogens (tertiary/aromatic N) is 2. The van der Waals surface area contributed by atoms with Gasteiger partial charge in [0.05, 0.1) is 23.2 Å². The number of carbonyl (C=O) groups excluding carboxylic acids is 1. The molecule has 5 nitrogen and oxygen atoms in total. The lowest BCUT2D eigenvalue weighted by Crippen LogP contribution is -2.27. The average molecular weight is 402 g/mol. The van der Waals surface area contributed by atoms with E-state index in [-0.39, 0.29) is 17.2 Å². The summed E-state index contributed by atoms with van der Waals surface area (Å²) in [6.07, 6.45) is 0.879. The number of halogens is 1. The maximum absolute atomic E-state index is 13.0. The summed E-state index contributed by atoms with van der Waals surface area (Å²) in [5.41, 5.74) is 1.40. The van der Waals surface area contributed by atoms with E-state index >= 15 is 0 Å². The van der Waals surface area contributed by atoms with Gasteiger partial charge in [0.1, 0.15) is 0 Å². The van der Waals surface area contributed by atoms with E-state index < -0.39 is 0 Å². The number of fused-ring (bicyclic) bond motifs is 1. The second kappa shape index (κ2) is 9.06. The number of hydrogen-bond acceptors (Lipinski definition) is 4. The van der Waals surface area contributed by atoms with Crippen molar-refractivity contribution in [1.29, 1.82) is 0 Å². The quantitative estimate of drug-likeness (QED) is 0.484. The molecule has 0 aliphatic heterocycles. The highest BCUT2D eigenvalue weighted by molar-refractivity contribution is 7.99. The number of nitrogens with one attached hydrogen (secondary N) is 1. The maximum Gasteiger partial charge on any atom is 0.262 e. The van der Waals surface area contributed by atoms with Gasteiger partial charge in [0.2, 0.25) is 5.91 Å². The minimum atomic E-state index is -0.128. The van der Waals surface area contributed by atoms with Crippen molar-refractivity contribution in [2.24, 2.45) is 0 Å². The largest absolute Gasteiger partial charge is 0.355 e.